The molecule has 0 radical (unpaired) electrons. The number of aromatic nitrogens is 1. The second-order valence-corrected chi connectivity index (χ2v) is 6.35. The molecule has 0 bridgehead atoms. The SMILES string of the molecule is COc1ccc(OCCNC(=O)C2CC(=O)N(Cc3ccncc3)C2)cc1. The standard InChI is InChI=1S/C20H23N3O4/c1-26-17-2-4-18(5-3-17)27-11-10-22-20(25)16-12-19(24)23(14-16)13-15-6-8-21-9-7-15/h2-9,16H,10-14H2,1H3,(H,22,25). The molecule has 0 aliphatic carbocycles. The van der Waals surface area contributed by atoms with Gasteiger partial charge in [0.25, 0.3) is 0 Å². The number of nitrogens with one attached hydrogen (secondary N) is 1. The Hall–Kier alpha value is -3.09. The van der Waals surface area contributed by atoms with Crippen LogP contribution in [0.25, 0.3) is 0 Å². The summed E-state index contributed by atoms with van der Waals surface area (Å²) in [6.45, 7) is 1.69. The number of ether oxygens (including phenoxy) is 2. The van der Waals surface area contributed by atoms with Gasteiger partial charge in [-0.2, -0.15) is 0 Å². The second kappa shape index (κ2) is 9.02. The molecule has 142 valence electrons. The van der Waals surface area contributed by atoms with Crippen LogP contribution in [-0.2, 0) is 16.1 Å². The number of hydrogen-bond donors (Lipinski definition) is 1. The number of likely N-dealkylation sites (tertiary alicyclic amines) is 1. The summed E-state index contributed by atoms with van der Waals surface area (Å²) in [5, 5.41) is 2.84. The van der Waals surface area contributed by atoms with E-state index in [0.29, 0.717) is 32.0 Å². The maximum atomic E-state index is 12.3. The molecule has 1 fully saturated rings. The minimum atomic E-state index is -0.319. The molecule has 0 saturated carbocycles. The first-order chi connectivity index (χ1) is 13.2. The van der Waals surface area contributed by atoms with Crippen LogP contribution in [0.1, 0.15) is 12.0 Å². The Morgan fingerprint density at radius 2 is 1.89 bits per heavy atom. The highest BCUT2D eigenvalue weighted by molar-refractivity contribution is 5.89. The Bertz CT molecular complexity index is 765. The third-order valence-corrected chi connectivity index (χ3v) is 4.44. The van der Waals surface area contributed by atoms with E-state index in [1.165, 1.54) is 0 Å². The van der Waals surface area contributed by atoms with E-state index in [0.717, 1.165) is 11.3 Å². The molecule has 7 nitrogen and oxygen atoms in total. The molecule has 1 saturated heterocycles. The number of methoxy groups -OCH3 is 1. The van der Waals surface area contributed by atoms with Crippen LogP contribution in [-0.4, -0.2) is 48.5 Å². The molecule has 27 heavy (non-hydrogen) atoms. The van der Waals surface area contributed by atoms with Crippen LogP contribution >= 0.6 is 0 Å². The largest absolute Gasteiger partial charge is 0.497 e. The van der Waals surface area contributed by atoms with E-state index >= 15 is 0 Å². The van der Waals surface area contributed by atoms with Gasteiger partial charge in [0.05, 0.1) is 19.6 Å². The number of nitrogens with zero attached hydrogens (tertiary/aromatic N) is 2. The lowest BCUT2D eigenvalue weighted by atomic mass is 10.1. The molecule has 7 heteroatoms. The van der Waals surface area contributed by atoms with Crippen LogP contribution < -0.4 is 14.8 Å². The van der Waals surface area contributed by atoms with Gasteiger partial charge in [0.1, 0.15) is 18.1 Å². The van der Waals surface area contributed by atoms with Crippen LogP contribution in [0, 0.1) is 5.92 Å². The van der Waals surface area contributed by atoms with Crippen LogP contribution in [0.3, 0.4) is 0 Å². The second-order valence-electron chi connectivity index (χ2n) is 6.35. The molecular weight excluding hydrogens is 346 g/mol. The highest BCUT2D eigenvalue weighted by Gasteiger charge is 2.33. The summed E-state index contributed by atoms with van der Waals surface area (Å²) in [6.07, 6.45) is 3.64. The maximum absolute atomic E-state index is 12.3. The Morgan fingerprint density at radius 1 is 1.19 bits per heavy atom. The molecule has 2 amide bonds. The lowest BCUT2D eigenvalue weighted by Gasteiger charge is -2.16. The summed E-state index contributed by atoms with van der Waals surface area (Å²) in [6, 6.07) is 11.0. The number of hydrogen-bond acceptors (Lipinski definition) is 5. The predicted octanol–water partition coefficient (Wildman–Crippen LogP) is 1.63. The molecule has 1 aliphatic heterocycles. The third-order valence-electron chi connectivity index (χ3n) is 4.44. The van der Waals surface area contributed by atoms with Gasteiger partial charge in [-0.25, -0.2) is 0 Å². The number of benzene rings is 1. The molecule has 1 aromatic heterocycles. The number of carbonyl (C=O) groups excluding carboxylic acids is 2. The average molecular weight is 369 g/mol. The molecule has 2 heterocycles. The van der Waals surface area contributed by atoms with Crippen molar-refractivity contribution in [2.45, 2.75) is 13.0 Å². The summed E-state index contributed by atoms with van der Waals surface area (Å²) in [4.78, 5) is 30.2. The zero-order valence-electron chi connectivity index (χ0n) is 15.3. The van der Waals surface area contributed by atoms with Crippen molar-refractivity contribution in [3.63, 3.8) is 0 Å². The predicted molar refractivity (Wildman–Crippen MR) is 99.3 cm³/mol. The van der Waals surface area contributed by atoms with E-state index in [2.05, 4.69) is 10.3 Å². The first-order valence-corrected chi connectivity index (χ1v) is 8.87. The summed E-state index contributed by atoms with van der Waals surface area (Å²) >= 11 is 0. The van der Waals surface area contributed by atoms with Gasteiger partial charge in [0.2, 0.25) is 11.8 Å². The Morgan fingerprint density at radius 3 is 2.59 bits per heavy atom. The zero-order valence-corrected chi connectivity index (χ0v) is 15.3. The molecule has 1 aromatic carbocycles. The van der Waals surface area contributed by atoms with Gasteiger partial charge in [-0.15, -0.1) is 0 Å². The van der Waals surface area contributed by atoms with Crippen LogP contribution in [0.2, 0.25) is 0 Å². The lowest BCUT2D eigenvalue weighted by Crippen LogP contribution is -2.35. The summed E-state index contributed by atoms with van der Waals surface area (Å²) in [5.74, 6) is 1.04. The van der Waals surface area contributed by atoms with E-state index in [4.69, 9.17) is 9.47 Å². The topological polar surface area (TPSA) is 80.8 Å². The van der Waals surface area contributed by atoms with Gasteiger partial charge in [-0.3, -0.25) is 14.6 Å². The zero-order chi connectivity index (χ0) is 19.1. The van der Waals surface area contributed by atoms with Crippen molar-refractivity contribution in [3.05, 3.63) is 54.4 Å². The van der Waals surface area contributed by atoms with Gasteiger partial charge < -0.3 is 19.7 Å². The van der Waals surface area contributed by atoms with Crippen molar-refractivity contribution in [1.29, 1.82) is 0 Å². The lowest BCUT2D eigenvalue weighted by molar-refractivity contribution is -0.129. The molecule has 1 unspecified atom stereocenters. The smallest absolute Gasteiger partial charge is 0.225 e. The number of pyridine rings is 1. The summed E-state index contributed by atoms with van der Waals surface area (Å²) in [7, 11) is 1.61. The summed E-state index contributed by atoms with van der Waals surface area (Å²) in [5.41, 5.74) is 1.01. The van der Waals surface area contributed by atoms with Crippen molar-refractivity contribution in [2.75, 3.05) is 26.8 Å². The van der Waals surface area contributed by atoms with Gasteiger partial charge >= 0.3 is 0 Å². The van der Waals surface area contributed by atoms with Gasteiger partial charge in [-0.1, -0.05) is 0 Å². The highest BCUT2D eigenvalue weighted by Crippen LogP contribution is 2.20. The highest BCUT2D eigenvalue weighted by atomic mass is 16.5. The van der Waals surface area contributed by atoms with Crippen LogP contribution in [0.5, 0.6) is 11.5 Å². The molecule has 1 aliphatic rings. The third kappa shape index (κ3) is 5.20. The molecule has 1 atom stereocenters. The number of carbonyl (C=O) groups is 2. The molecule has 1 N–H and O–H groups in total. The Balaban J connectivity index is 1.40. The van der Waals surface area contributed by atoms with Crippen LogP contribution in [0.4, 0.5) is 0 Å². The quantitative estimate of drug-likeness (QED) is 0.716. The first kappa shape index (κ1) is 18.7. The average Bonchev–Trinajstić information content (AvgIpc) is 3.07. The van der Waals surface area contributed by atoms with Gasteiger partial charge in [0, 0.05) is 31.9 Å². The van der Waals surface area contributed by atoms with E-state index in [-0.39, 0.29) is 24.2 Å². The van der Waals surface area contributed by atoms with Crippen molar-refractivity contribution < 1.29 is 19.1 Å². The van der Waals surface area contributed by atoms with Crippen LogP contribution in [0.15, 0.2) is 48.8 Å². The van der Waals surface area contributed by atoms with Gasteiger partial charge in [-0.05, 0) is 42.0 Å². The molecular formula is C20H23N3O4. The van der Waals surface area contributed by atoms with Crippen molar-refractivity contribution in [3.8, 4) is 11.5 Å². The molecule has 3 rings (SSSR count). The fourth-order valence-corrected chi connectivity index (χ4v) is 2.97. The fraction of sp³-hybridized carbons (Fsp3) is 0.350. The number of amides is 2. The summed E-state index contributed by atoms with van der Waals surface area (Å²) < 4.78 is 10.7. The van der Waals surface area contributed by atoms with Crippen molar-refractivity contribution in [1.82, 2.24) is 15.2 Å². The van der Waals surface area contributed by atoms with Crippen molar-refractivity contribution >= 4 is 11.8 Å². The monoisotopic (exact) mass is 369 g/mol. The molecule has 2 aromatic rings. The minimum Gasteiger partial charge on any atom is -0.497 e. The normalized spacial score (nSPS) is 16.3. The Kier molecular flexibility index (Phi) is 6.25. The van der Waals surface area contributed by atoms with Gasteiger partial charge in [0.15, 0.2) is 0 Å². The van der Waals surface area contributed by atoms with E-state index in [1.54, 1.807) is 24.4 Å². The fourth-order valence-electron chi connectivity index (χ4n) is 2.97. The number of rotatable bonds is 8. The van der Waals surface area contributed by atoms with E-state index in [9.17, 15) is 9.59 Å². The van der Waals surface area contributed by atoms with E-state index < -0.39 is 0 Å². The minimum absolute atomic E-state index is 0.00134. The van der Waals surface area contributed by atoms with Crippen molar-refractivity contribution in [2.24, 2.45) is 5.92 Å². The first-order valence-electron chi connectivity index (χ1n) is 8.87. The molecule has 0 spiro atoms. The maximum Gasteiger partial charge on any atom is 0.225 e. The van der Waals surface area contributed by atoms with E-state index in [1.807, 2.05) is 36.4 Å². The Labute approximate surface area is 158 Å².